The Bertz CT molecular complexity index is 279. The van der Waals surface area contributed by atoms with Gasteiger partial charge in [-0.3, -0.25) is 9.80 Å². The highest BCUT2D eigenvalue weighted by atomic mass is 15.2. The van der Waals surface area contributed by atoms with Crippen molar-refractivity contribution in [3.8, 4) is 0 Å². The van der Waals surface area contributed by atoms with E-state index in [-0.39, 0.29) is 0 Å². The predicted molar refractivity (Wildman–Crippen MR) is 82.6 cm³/mol. The van der Waals surface area contributed by atoms with Crippen LogP contribution in [0, 0.1) is 5.92 Å². The minimum Gasteiger partial charge on any atom is -0.314 e. The van der Waals surface area contributed by atoms with Gasteiger partial charge >= 0.3 is 0 Å². The highest BCUT2D eigenvalue weighted by molar-refractivity contribution is 4.94. The molecule has 3 heteroatoms. The Morgan fingerprint density at radius 1 is 0.789 bits per heavy atom. The third kappa shape index (κ3) is 3.50. The maximum Gasteiger partial charge on any atom is 0.0183 e. The van der Waals surface area contributed by atoms with Gasteiger partial charge in [0, 0.05) is 37.3 Å². The number of piperidine rings is 1. The van der Waals surface area contributed by atoms with E-state index in [0.717, 1.165) is 19.0 Å². The Hall–Kier alpha value is -0.120. The molecule has 0 aromatic carbocycles. The van der Waals surface area contributed by atoms with Crippen molar-refractivity contribution in [1.29, 1.82) is 0 Å². The second-order valence-electron chi connectivity index (χ2n) is 7.82. The smallest absolute Gasteiger partial charge is 0.0183 e. The summed E-state index contributed by atoms with van der Waals surface area (Å²) in [6.45, 7) is 19.2. The van der Waals surface area contributed by atoms with Gasteiger partial charge in [0.2, 0.25) is 0 Å². The number of hydrogen-bond donors (Lipinski definition) is 1. The predicted octanol–water partition coefficient (Wildman–Crippen LogP) is 2.18. The van der Waals surface area contributed by atoms with Crippen LogP contribution in [-0.2, 0) is 0 Å². The molecule has 0 bridgehead atoms. The molecule has 2 aliphatic heterocycles. The van der Waals surface area contributed by atoms with Gasteiger partial charge in [-0.05, 0) is 66.5 Å². The molecule has 2 fully saturated rings. The lowest BCUT2D eigenvalue weighted by molar-refractivity contribution is 0.000575. The van der Waals surface area contributed by atoms with Crippen molar-refractivity contribution >= 4 is 0 Å². The highest BCUT2D eigenvalue weighted by Crippen LogP contribution is 2.34. The first kappa shape index (κ1) is 15.3. The zero-order chi connectivity index (χ0) is 14.1. The van der Waals surface area contributed by atoms with Crippen LogP contribution in [0.5, 0.6) is 0 Å². The summed E-state index contributed by atoms with van der Waals surface area (Å²) in [5.74, 6) is 0.851. The number of nitrogens with one attached hydrogen (secondary N) is 1. The van der Waals surface area contributed by atoms with Gasteiger partial charge in [-0.2, -0.15) is 0 Å². The monoisotopic (exact) mass is 267 g/mol. The summed E-state index contributed by atoms with van der Waals surface area (Å²) < 4.78 is 0. The summed E-state index contributed by atoms with van der Waals surface area (Å²) in [7, 11) is 0. The fraction of sp³-hybridized carbons (Fsp3) is 1.00. The lowest BCUT2D eigenvalue weighted by atomic mass is 9.78. The molecule has 2 saturated heterocycles. The topological polar surface area (TPSA) is 18.5 Å². The van der Waals surface area contributed by atoms with Gasteiger partial charge < -0.3 is 5.32 Å². The van der Waals surface area contributed by atoms with Crippen molar-refractivity contribution in [2.24, 2.45) is 5.92 Å². The van der Waals surface area contributed by atoms with Crippen LogP contribution in [-0.4, -0.2) is 60.1 Å². The zero-order valence-electron chi connectivity index (χ0n) is 13.6. The second-order valence-corrected chi connectivity index (χ2v) is 7.82. The molecule has 0 saturated carbocycles. The Morgan fingerprint density at radius 2 is 1.32 bits per heavy atom. The van der Waals surface area contributed by atoms with Crippen LogP contribution in [0.3, 0.4) is 0 Å². The van der Waals surface area contributed by atoms with Gasteiger partial charge in [-0.25, -0.2) is 0 Å². The summed E-state index contributed by atoms with van der Waals surface area (Å²) >= 11 is 0. The summed E-state index contributed by atoms with van der Waals surface area (Å²) in [5.41, 5.74) is 0.705. The maximum atomic E-state index is 3.47. The first-order valence-corrected chi connectivity index (χ1v) is 8.02. The standard InChI is InChI=1S/C16H33N3/c1-15(2,3)18-10-6-14(7-11-18)16(4,5)19-12-8-17-9-13-19/h14,17H,6-13H2,1-5H3. The average Bonchev–Trinajstić information content (AvgIpc) is 2.39. The number of piperazine rings is 1. The number of rotatable bonds is 2. The van der Waals surface area contributed by atoms with Crippen molar-refractivity contribution in [3.05, 3.63) is 0 Å². The Morgan fingerprint density at radius 3 is 1.79 bits per heavy atom. The van der Waals surface area contributed by atoms with E-state index in [1.807, 2.05) is 0 Å². The average molecular weight is 267 g/mol. The van der Waals surface area contributed by atoms with Crippen LogP contribution in [0.15, 0.2) is 0 Å². The number of hydrogen-bond acceptors (Lipinski definition) is 3. The molecule has 2 heterocycles. The highest BCUT2D eigenvalue weighted by Gasteiger charge is 2.38. The van der Waals surface area contributed by atoms with E-state index < -0.39 is 0 Å². The van der Waals surface area contributed by atoms with Crippen LogP contribution in [0.2, 0.25) is 0 Å². The fourth-order valence-corrected chi connectivity index (χ4v) is 3.76. The van der Waals surface area contributed by atoms with E-state index >= 15 is 0 Å². The molecule has 0 amide bonds. The normalized spacial score (nSPS) is 25.7. The first-order chi connectivity index (χ1) is 8.82. The Balaban J connectivity index is 1.92. The molecule has 2 aliphatic rings. The van der Waals surface area contributed by atoms with Crippen molar-refractivity contribution < 1.29 is 0 Å². The number of likely N-dealkylation sites (tertiary alicyclic amines) is 1. The van der Waals surface area contributed by atoms with E-state index in [9.17, 15) is 0 Å². The van der Waals surface area contributed by atoms with Crippen LogP contribution in [0.4, 0.5) is 0 Å². The lowest BCUT2D eigenvalue weighted by Gasteiger charge is -2.50. The molecule has 112 valence electrons. The van der Waals surface area contributed by atoms with Crippen molar-refractivity contribution in [1.82, 2.24) is 15.1 Å². The fourth-order valence-electron chi connectivity index (χ4n) is 3.76. The van der Waals surface area contributed by atoms with Crippen LogP contribution >= 0.6 is 0 Å². The largest absolute Gasteiger partial charge is 0.314 e. The summed E-state index contributed by atoms with van der Waals surface area (Å²) in [6, 6.07) is 0. The summed E-state index contributed by atoms with van der Waals surface area (Å²) in [5, 5.41) is 3.47. The summed E-state index contributed by atoms with van der Waals surface area (Å²) in [6.07, 6.45) is 2.71. The van der Waals surface area contributed by atoms with E-state index in [2.05, 4.69) is 49.7 Å². The van der Waals surface area contributed by atoms with Gasteiger partial charge in [0.1, 0.15) is 0 Å². The van der Waals surface area contributed by atoms with Crippen molar-refractivity contribution in [2.45, 2.75) is 58.5 Å². The molecule has 0 aromatic rings. The third-order valence-electron chi connectivity index (χ3n) is 5.37. The molecule has 0 spiro atoms. The zero-order valence-corrected chi connectivity index (χ0v) is 13.6. The van der Waals surface area contributed by atoms with Crippen LogP contribution in [0.25, 0.3) is 0 Å². The summed E-state index contributed by atoms with van der Waals surface area (Å²) in [4.78, 5) is 5.36. The Kier molecular flexibility index (Phi) is 4.59. The third-order valence-corrected chi connectivity index (χ3v) is 5.37. The van der Waals surface area contributed by atoms with Gasteiger partial charge in [0.15, 0.2) is 0 Å². The van der Waals surface area contributed by atoms with E-state index in [1.54, 1.807) is 0 Å². The molecule has 3 nitrogen and oxygen atoms in total. The van der Waals surface area contributed by atoms with Crippen molar-refractivity contribution in [3.63, 3.8) is 0 Å². The molecule has 0 radical (unpaired) electrons. The van der Waals surface area contributed by atoms with Crippen LogP contribution < -0.4 is 5.32 Å². The molecule has 0 aliphatic carbocycles. The van der Waals surface area contributed by atoms with Crippen LogP contribution in [0.1, 0.15) is 47.5 Å². The van der Waals surface area contributed by atoms with E-state index in [0.29, 0.717) is 11.1 Å². The molecular weight excluding hydrogens is 234 g/mol. The minimum absolute atomic E-state index is 0.337. The first-order valence-electron chi connectivity index (χ1n) is 8.02. The van der Waals surface area contributed by atoms with E-state index in [4.69, 9.17) is 0 Å². The van der Waals surface area contributed by atoms with Gasteiger partial charge in [-0.15, -0.1) is 0 Å². The number of nitrogens with zero attached hydrogens (tertiary/aromatic N) is 2. The second kappa shape index (κ2) is 5.71. The lowest BCUT2D eigenvalue weighted by Crippen LogP contribution is -2.59. The molecule has 0 unspecified atom stereocenters. The van der Waals surface area contributed by atoms with Crippen molar-refractivity contribution in [2.75, 3.05) is 39.3 Å². The maximum absolute atomic E-state index is 3.47. The van der Waals surface area contributed by atoms with E-state index in [1.165, 1.54) is 39.0 Å². The minimum atomic E-state index is 0.337. The SMILES string of the molecule is CC(C)(C)N1CCC(C(C)(C)N2CCNCC2)CC1. The molecule has 0 aromatic heterocycles. The molecule has 19 heavy (non-hydrogen) atoms. The van der Waals surface area contributed by atoms with Gasteiger partial charge in [-0.1, -0.05) is 0 Å². The molecule has 0 atom stereocenters. The van der Waals surface area contributed by atoms with Gasteiger partial charge in [0.05, 0.1) is 0 Å². The quantitative estimate of drug-likeness (QED) is 0.827. The van der Waals surface area contributed by atoms with Gasteiger partial charge in [0.25, 0.3) is 0 Å². The molecule has 1 N–H and O–H groups in total. The molecular formula is C16H33N3. The molecule has 2 rings (SSSR count). The Labute approximate surface area is 119 Å².